The zero-order valence-electron chi connectivity index (χ0n) is 3.55. The van der Waals surface area contributed by atoms with Crippen LogP contribution in [-0.4, -0.2) is 0 Å². The van der Waals surface area contributed by atoms with Gasteiger partial charge in [-0.1, -0.05) is 0 Å². The molecule has 0 saturated carbocycles. The fraction of sp³-hybridized carbons (Fsp3) is 0.500. The van der Waals surface area contributed by atoms with E-state index in [4.69, 9.17) is 0 Å². The Morgan fingerprint density at radius 2 is 2.00 bits per heavy atom. The normalized spacial score (nSPS) is 6.50. The zero-order valence-corrected chi connectivity index (χ0v) is 5.52. The SMILES string of the molecule is C=C(C)[CH2][Ni].[Ni]. The predicted molar refractivity (Wildman–Crippen MR) is 19.6 cm³/mol. The zero-order chi connectivity index (χ0) is 4.28. The van der Waals surface area contributed by atoms with E-state index in [1.54, 1.807) is 0 Å². The van der Waals surface area contributed by atoms with Crippen LogP contribution >= 0.6 is 0 Å². The van der Waals surface area contributed by atoms with Crippen molar-refractivity contribution in [3.63, 3.8) is 0 Å². The fourth-order valence-corrected chi connectivity index (χ4v) is 0. The third-order valence-corrected chi connectivity index (χ3v) is 0.787. The molecule has 0 nitrogen and oxygen atoms in total. The third kappa shape index (κ3) is 8.83. The van der Waals surface area contributed by atoms with Gasteiger partial charge in [0.25, 0.3) is 0 Å². The van der Waals surface area contributed by atoms with Gasteiger partial charge in [0.05, 0.1) is 0 Å². The third-order valence-electron chi connectivity index (χ3n) is 0.191. The Kier molecular flexibility index (Phi) is 9.43. The smallest absolute Gasteiger partial charge is 0 e. The van der Waals surface area contributed by atoms with E-state index in [0.717, 1.165) is 11.0 Å². The van der Waals surface area contributed by atoms with E-state index >= 15 is 0 Å². The van der Waals surface area contributed by atoms with E-state index in [-0.39, 0.29) is 16.5 Å². The van der Waals surface area contributed by atoms with E-state index in [1.165, 1.54) is 0 Å². The van der Waals surface area contributed by atoms with Gasteiger partial charge in [0.1, 0.15) is 0 Å². The molecule has 6 heavy (non-hydrogen) atoms. The first-order valence-corrected chi connectivity index (χ1v) is 2.13. The van der Waals surface area contributed by atoms with Crippen molar-refractivity contribution >= 4 is 0 Å². The molecule has 0 aromatic heterocycles. The molecule has 0 saturated heterocycles. The van der Waals surface area contributed by atoms with Crippen molar-refractivity contribution in [2.45, 2.75) is 12.3 Å². The van der Waals surface area contributed by atoms with E-state index < -0.39 is 0 Å². The van der Waals surface area contributed by atoms with E-state index in [1.807, 2.05) is 6.92 Å². The van der Waals surface area contributed by atoms with Crippen molar-refractivity contribution in [1.82, 2.24) is 0 Å². The summed E-state index contributed by atoms with van der Waals surface area (Å²) in [5, 5.41) is 0.736. The molecular weight excluding hydrogens is 165 g/mol. The van der Waals surface area contributed by atoms with Gasteiger partial charge in [-0.2, -0.15) is 0 Å². The van der Waals surface area contributed by atoms with Crippen LogP contribution in [0.4, 0.5) is 0 Å². The summed E-state index contributed by atoms with van der Waals surface area (Å²) in [4.78, 5) is 0. The second kappa shape index (κ2) is 5.73. The average molecular weight is 172 g/mol. The van der Waals surface area contributed by atoms with Crippen LogP contribution in [0, 0.1) is 0 Å². The largest absolute Gasteiger partial charge is 0 e. The van der Waals surface area contributed by atoms with Crippen LogP contribution in [0.5, 0.6) is 0 Å². The summed E-state index contributed by atoms with van der Waals surface area (Å²) in [5.41, 5.74) is 1.09. The molecule has 0 bridgehead atoms. The predicted octanol–water partition coefficient (Wildman–Crippen LogP) is 1.53. The fourth-order valence-electron chi connectivity index (χ4n) is 0. The van der Waals surface area contributed by atoms with Crippen LogP contribution in [0.1, 0.15) is 6.92 Å². The van der Waals surface area contributed by atoms with Gasteiger partial charge in [0.15, 0.2) is 0 Å². The maximum atomic E-state index is 4.33. The van der Waals surface area contributed by atoms with Gasteiger partial charge in [-0.3, -0.25) is 0 Å². The van der Waals surface area contributed by atoms with Gasteiger partial charge in [0.2, 0.25) is 0 Å². The number of hydrogen-bond donors (Lipinski definition) is 0. The summed E-state index contributed by atoms with van der Waals surface area (Å²) in [7, 11) is 0. The molecule has 0 atom stereocenters. The van der Waals surface area contributed by atoms with E-state index in [9.17, 15) is 0 Å². The van der Waals surface area contributed by atoms with Crippen LogP contribution in [0.15, 0.2) is 12.2 Å². The first-order chi connectivity index (χ1) is 2.27. The minimum atomic E-state index is 0. The Hall–Kier alpha value is 0.727. The van der Waals surface area contributed by atoms with Gasteiger partial charge in [-0.15, -0.1) is 0 Å². The second-order valence-electron chi connectivity index (χ2n) is 1.07. The van der Waals surface area contributed by atoms with E-state index in [2.05, 4.69) is 22.0 Å². The van der Waals surface area contributed by atoms with Crippen molar-refractivity contribution < 1.29 is 32.0 Å². The summed E-state index contributed by atoms with van der Waals surface area (Å²) in [6.07, 6.45) is 0. The summed E-state index contributed by atoms with van der Waals surface area (Å²) < 4.78 is 0. The topological polar surface area (TPSA) is 0 Å². The van der Waals surface area contributed by atoms with Crippen LogP contribution < -0.4 is 0 Å². The molecule has 0 aromatic rings. The van der Waals surface area contributed by atoms with Gasteiger partial charge >= 0.3 is 39.9 Å². The minimum Gasteiger partial charge on any atom is 0 e. The second-order valence-corrected chi connectivity index (χ2v) is 1.42. The molecule has 0 unspecified atom stereocenters. The number of allylic oxidation sites excluding steroid dienone is 1. The molecule has 0 fully saturated rings. The molecule has 0 aromatic carbocycles. The molecular formula is C4H7Ni2. The van der Waals surface area contributed by atoms with Gasteiger partial charge in [0, 0.05) is 16.5 Å². The van der Waals surface area contributed by atoms with Crippen molar-refractivity contribution in [2.75, 3.05) is 0 Å². The molecule has 2 heteroatoms. The summed E-state index contributed by atoms with van der Waals surface area (Å²) in [5.74, 6) is 0. The number of hydrogen-bond acceptors (Lipinski definition) is 0. The molecule has 0 heterocycles. The van der Waals surface area contributed by atoms with Crippen molar-refractivity contribution in [2.24, 2.45) is 0 Å². The minimum absolute atomic E-state index is 0. The Morgan fingerprint density at radius 1 is 1.83 bits per heavy atom. The summed E-state index contributed by atoms with van der Waals surface area (Å²) >= 11 is 4.33. The van der Waals surface area contributed by atoms with Crippen LogP contribution in [0.2, 0.25) is 5.39 Å². The molecule has 0 amide bonds. The first kappa shape index (κ1) is 9.87. The molecule has 0 aliphatic heterocycles. The summed E-state index contributed by atoms with van der Waals surface area (Å²) in [6.45, 7) is 5.51. The van der Waals surface area contributed by atoms with Gasteiger partial charge < -0.3 is 0 Å². The average Bonchev–Trinajstić information content (AvgIpc) is 1.38. The molecule has 43 valence electrons. The van der Waals surface area contributed by atoms with E-state index in [0.29, 0.717) is 0 Å². The molecule has 0 rings (SSSR count). The quantitative estimate of drug-likeness (QED) is 0.416. The molecule has 0 aliphatic rings. The Labute approximate surface area is 56.7 Å². The van der Waals surface area contributed by atoms with Crippen LogP contribution in [0.3, 0.4) is 0 Å². The summed E-state index contributed by atoms with van der Waals surface area (Å²) in [6, 6.07) is 0. The number of rotatable bonds is 1. The molecule has 0 N–H and O–H groups in total. The van der Waals surface area contributed by atoms with Gasteiger partial charge in [-0.25, -0.2) is 0 Å². The van der Waals surface area contributed by atoms with Gasteiger partial charge in [-0.05, 0) is 0 Å². The van der Waals surface area contributed by atoms with Crippen molar-refractivity contribution in [3.05, 3.63) is 12.2 Å². The molecule has 0 radical (unpaired) electrons. The monoisotopic (exact) mass is 171 g/mol. The molecule has 0 spiro atoms. The first-order valence-electron chi connectivity index (χ1n) is 1.43. The van der Waals surface area contributed by atoms with Crippen LogP contribution in [-0.2, 0) is 32.0 Å². The van der Waals surface area contributed by atoms with Crippen molar-refractivity contribution in [3.8, 4) is 0 Å². The van der Waals surface area contributed by atoms with Crippen molar-refractivity contribution in [1.29, 1.82) is 0 Å². The maximum Gasteiger partial charge on any atom is 0 e. The Morgan fingerprint density at radius 3 is 2.00 bits per heavy atom. The Bertz CT molecular complexity index is 40.8. The Balaban J connectivity index is 0. The molecule has 0 aliphatic carbocycles. The van der Waals surface area contributed by atoms with Crippen LogP contribution in [0.25, 0.3) is 0 Å². The standard InChI is InChI=1S/C4H7.2Ni/c1-4(2)3;;/h1-2H2,3H3;;. The maximum absolute atomic E-state index is 4.33.